The van der Waals surface area contributed by atoms with Gasteiger partial charge >= 0.3 is 5.97 Å². The van der Waals surface area contributed by atoms with Gasteiger partial charge in [0, 0.05) is 40.5 Å². The fourth-order valence-electron chi connectivity index (χ4n) is 3.39. The van der Waals surface area contributed by atoms with E-state index in [-0.39, 0.29) is 28.1 Å². The van der Waals surface area contributed by atoms with Crippen LogP contribution in [0.2, 0.25) is 0 Å². The van der Waals surface area contributed by atoms with Crippen LogP contribution < -0.4 is 5.32 Å². The summed E-state index contributed by atoms with van der Waals surface area (Å²) < 4.78 is 4.75. The zero-order chi connectivity index (χ0) is 19.3. The fraction of sp³-hybridized carbons (Fsp3) is 0.111. The Bertz CT molecular complexity index is 1140. The Balaban J connectivity index is 1.97. The molecule has 3 aromatic rings. The molecule has 0 saturated heterocycles. The minimum Gasteiger partial charge on any atom is -0.465 e. The number of ether oxygens (including phenoxy) is 1. The van der Waals surface area contributed by atoms with Crippen LogP contribution in [0.1, 0.15) is 21.5 Å². The Morgan fingerprint density at radius 3 is 2.74 bits per heavy atom. The number of nitrogens with zero attached hydrogens (tertiary/aromatic N) is 1. The number of carbonyl (C=O) groups excluding carboxylic acids is 2. The number of anilines is 1. The van der Waals surface area contributed by atoms with Gasteiger partial charge in [0.25, 0.3) is 11.6 Å². The van der Waals surface area contributed by atoms with Crippen LogP contribution in [0.15, 0.2) is 42.6 Å². The first-order valence-corrected chi connectivity index (χ1v) is 7.89. The molecule has 9 heteroatoms. The average molecular weight is 367 g/mol. The number of fused-ring (bicyclic) bond motifs is 2. The summed E-state index contributed by atoms with van der Waals surface area (Å²) in [5.41, 5.74) is -1.23. The van der Waals surface area contributed by atoms with Crippen LogP contribution in [0.5, 0.6) is 0 Å². The highest BCUT2D eigenvalue weighted by Crippen LogP contribution is 2.44. The number of aliphatic hydroxyl groups is 1. The largest absolute Gasteiger partial charge is 0.465 e. The van der Waals surface area contributed by atoms with Gasteiger partial charge in [-0.25, -0.2) is 4.79 Å². The number of carbonyl (C=O) groups is 2. The molecule has 0 saturated carbocycles. The predicted octanol–water partition coefficient (Wildman–Crippen LogP) is 2.05. The number of methoxy groups -OCH3 is 1. The van der Waals surface area contributed by atoms with Crippen LogP contribution >= 0.6 is 0 Å². The van der Waals surface area contributed by atoms with Crippen molar-refractivity contribution in [2.24, 2.45) is 0 Å². The third kappa shape index (κ3) is 2.22. The number of nitrogens with one attached hydrogen (secondary N) is 2. The number of nitro benzene ring substituents is 1. The van der Waals surface area contributed by atoms with Crippen molar-refractivity contribution >= 4 is 34.2 Å². The lowest BCUT2D eigenvalue weighted by molar-refractivity contribution is -0.385. The Morgan fingerprint density at radius 2 is 2.04 bits per heavy atom. The van der Waals surface area contributed by atoms with E-state index in [0.29, 0.717) is 10.9 Å². The number of hydrogen-bond acceptors (Lipinski definition) is 6. The van der Waals surface area contributed by atoms with Gasteiger partial charge in [-0.1, -0.05) is 12.1 Å². The van der Waals surface area contributed by atoms with Crippen molar-refractivity contribution in [3.05, 3.63) is 69.4 Å². The zero-order valence-electron chi connectivity index (χ0n) is 14.0. The molecule has 4 rings (SSSR count). The standard InChI is InChI=1S/C18H13N3O6/c1-27-16(22)11-4-2-3-10-13(8-19-15(10)11)18(24)12-7-9(21(25)26)5-6-14(12)20-17(18)23/h2-8,19,24H,1H3,(H,20,23). The fourth-order valence-corrected chi connectivity index (χ4v) is 3.39. The molecule has 0 aliphatic carbocycles. The lowest BCUT2D eigenvalue weighted by Crippen LogP contribution is -2.35. The van der Waals surface area contributed by atoms with Gasteiger partial charge in [-0.3, -0.25) is 14.9 Å². The van der Waals surface area contributed by atoms with E-state index in [0.717, 1.165) is 6.07 Å². The van der Waals surface area contributed by atoms with Gasteiger partial charge < -0.3 is 20.1 Å². The molecule has 0 bridgehead atoms. The van der Waals surface area contributed by atoms with E-state index in [1.54, 1.807) is 18.2 Å². The number of esters is 1. The number of nitro groups is 1. The molecule has 1 atom stereocenters. The number of benzene rings is 2. The topological polar surface area (TPSA) is 135 Å². The van der Waals surface area contributed by atoms with E-state index >= 15 is 0 Å². The minimum atomic E-state index is -2.14. The number of hydrogen-bond donors (Lipinski definition) is 3. The molecule has 1 unspecified atom stereocenters. The Hall–Kier alpha value is -3.72. The molecular formula is C18H13N3O6. The summed E-state index contributed by atoms with van der Waals surface area (Å²) in [6.07, 6.45) is 1.41. The third-order valence-corrected chi connectivity index (χ3v) is 4.69. The molecule has 9 nitrogen and oxygen atoms in total. The van der Waals surface area contributed by atoms with Gasteiger partial charge in [-0.15, -0.1) is 0 Å². The first-order valence-electron chi connectivity index (χ1n) is 7.89. The second-order valence-corrected chi connectivity index (χ2v) is 6.07. The molecule has 2 heterocycles. The molecule has 2 aromatic carbocycles. The van der Waals surface area contributed by atoms with Crippen molar-refractivity contribution in [1.29, 1.82) is 0 Å². The normalized spacial score (nSPS) is 18.2. The molecule has 0 radical (unpaired) electrons. The van der Waals surface area contributed by atoms with Crippen molar-refractivity contribution in [3.63, 3.8) is 0 Å². The van der Waals surface area contributed by atoms with E-state index in [1.807, 2.05) is 0 Å². The highest BCUT2D eigenvalue weighted by molar-refractivity contribution is 6.11. The minimum absolute atomic E-state index is 0.0751. The molecular weight excluding hydrogens is 354 g/mol. The summed E-state index contributed by atoms with van der Waals surface area (Å²) in [6, 6.07) is 8.56. The van der Waals surface area contributed by atoms with E-state index < -0.39 is 22.4 Å². The maximum atomic E-state index is 12.6. The van der Waals surface area contributed by atoms with Crippen molar-refractivity contribution < 1.29 is 24.4 Å². The molecule has 0 fully saturated rings. The maximum absolute atomic E-state index is 12.6. The van der Waals surface area contributed by atoms with Crippen LogP contribution in [0.3, 0.4) is 0 Å². The summed E-state index contributed by atoms with van der Waals surface area (Å²) in [6.45, 7) is 0. The molecule has 1 aromatic heterocycles. The molecule has 1 amide bonds. The Labute approximate surface area is 151 Å². The van der Waals surface area contributed by atoms with Crippen LogP contribution in [0.4, 0.5) is 11.4 Å². The quantitative estimate of drug-likeness (QED) is 0.368. The summed E-state index contributed by atoms with van der Waals surface area (Å²) in [5, 5.41) is 25.4. The second-order valence-electron chi connectivity index (χ2n) is 6.07. The van der Waals surface area contributed by atoms with E-state index in [1.165, 1.54) is 25.4 Å². The highest BCUT2D eigenvalue weighted by Gasteiger charge is 2.49. The van der Waals surface area contributed by atoms with Gasteiger partial charge in [0.2, 0.25) is 0 Å². The molecule has 136 valence electrons. The number of amides is 1. The average Bonchev–Trinajstić information content (AvgIpc) is 3.20. The lowest BCUT2D eigenvalue weighted by Gasteiger charge is -2.20. The van der Waals surface area contributed by atoms with E-state index in [2.05, 4.69) is 10.3 Å². The van der Waals surface area contributed by atoms with Gasteiger partial charge in [-0.2, -0.15) is 0 Å². The Kier molecular flexibility index (Phi) is 3.50. The van der Waals surface area contributed by atoms with E-state index in [9.17, 15) is 24.8 Å². The SMILES string of the molecule is COC(=O)c1cccc2c(C3(O)C(=O)Nc4ccc([N+](=O)[O-])cc43)c[nH]c12. The molecule has 1 aliphatic rings. The molecule has 3 N–H and O–H groups in total. The van der Waals surface area contributed by atoms with Gasteiger partial charge in [0.1, 0.15) is 0 Å². The Morgan fingerprint density at radius 1 is 1.26 bits per heavy atom. The third-order valence-electron chi connectivity index (χ3n) is 4.69. The van der Waals surface area contributed by atoms with Crippen molar-refractivity contribution in [1.82, 2.24) is 4.98 Å². The van der Waals surface area contributed by atoms with Gasteiger partial charge in [0.15, 0.2) is 5.60 Å². The molecule has 27 heavy (non-hydrogen) atoms. The maximum Gasteiger partial charge on any atom is 0.339 e. The first-order chi connectivity index (χ1) is 12.9. The predicted molar refractivity (Wildman–Crippen MR) is 94.4 cm³/mol. The van der Waals surface area contributed by atoms with Crippen LogP contribution in [0.25, 0.3) is 10.9 Å². The smallest absolute Gasteiger partial charge is 0.339 e. The van der Waals surface area contributed by atoms with Crippen LogP contribution in [0, 0.1) is 10.1 Å². The van der Waals surface area contributed by atoms with Crippen molar-refractivity contribution in [2.75, 3.05) is 12.4 Å². The zero-order valence-corrected chi connectivity index (χ0v) is 14.0. The second kappa shape index (κ2) is 5.64. The monoisotopic (exact) mass is 367 g/mol. The summed E-state index contributed by atoms with van der Waals surface area (Å²) >= 11 is 0. The van der Waals surface area contributed by atoms with Gasteiger partial charge in [0.05, 0.1) is 23.1 Å². The van der Waals surface area contributed by atoms with Crippen LogP contribution in [-0.4, -0.2) is 34.0 Å². The number of aromatic nitrogens is 1. The molecule has 1 aliphatic heterocycles. The number of H-pyrrole nitrogens is 1. The summed E-state index contributed by atoms with van der Waals surface area (Å²) in [5.74, 6) is -1.31. The number of rotatable bonds is 3. The first kappa shape index (κ1) is 16.7. The summed E-state index contributed by atoms with van der Waals surface area (Å²) in [7, 11) is 1.25. The van der Waals surface area contributed by atoms with Crippen LogP contribution in [-0.2, 0) is 15.1 Å². The van der Waals surface area contributed by atoms with Crippen molar-refractivity contribution in [2.45, 2.75) is 5.60 Å². The number of aromatic amines is 1. The van der Waals surface area contributed by atoms with Crippen molar-refractivity contribution in [3.8, 4) is 0 Å². The number of non-ortho nitro benzene ring substituents is 1. The number of para-hydroxylation sites is 1. The van der Waals surface area contributed by atoms with E-state index in [4.69, 9.17) is 4.74 Å². The lowest BCUT2D eigenvalue weighted by atomic mass is 9.87. The molecule has 0 spiro atoms. The highest BCUT2D eigenvalue weighted by atomic mass is 16.6. The van der Waals surface area contributed by atoms with Gasteiger partial charge in [-0.05, 0) is 12.1 Å². The summed E-state index contributed by atoms with van der Waals surface area (Å²) in [4.78, 5) is 38.0.